The first-order chi connectivity index (χ1) is 8.00. The summed E-state index contributed by atoms with van der Waals surface area (Å²) in [6, 6.07) is -0.583. The Morgan fingerprint density at radius 3 is 2.76 bits per heavy atom. The summed E-state index contributed by atoms with van der Waals surface area (Å²) < 4.78 is 0. The summed E-state index contributed by atoms with van der Waals surface area (Å²) in [4.78, 5) is 22.0. The molecular weight excluding hydrogens is 224 g/mol. The van der Waals surface area contributed by atoms with Gasteiger partial charge >= 0.3 is 12.0 Å². The summed E-state index contributed by atoms with van der Waals surface area (Å²) in [6.07, 6.45) is 3.30. The maximum Gasteiger partial charge on any atom is 0.315 e. The van der Waals surface area contributed by atoms with Crippen LogP contribution in [0, 0.1) is 5.92 Å². The van der Waals surface area contributed by atoms with Crippen molar-refractivity contribution in [3.05, 3.63) is 18.0 Å². The summed E-state index contributed by atoms with van der Waals surface area (Å²) in [5.74, 6) is -1.54. The normalized spacial score (nSPS) is 13.8. The molecule has 2 amide bonds. The number of carboxylic acid groups (broad SMARTS) is 1. The highest BCUT2D eigenvalue weighted by Gasteiger charge is 2.14. The number of carbonyl (C=O) groups is 2. The largest absolute Gasteiger partial charge is 0.481 e. The minimum atomic E-state index is -0.937. The average molecular weight is 240 g/mol. The van der Waals surface area contributed by atoms with Crippen LogP contribution >= 0.6 is 0 Å². The first-order valence-corrected chi connectivity index (χ1v) is 5.26. The second kappa shape index (κ2) is 5.88. The zero-order valence-electron chi connectivity index (χ0n) is 9.73. The van der Waals surface area contributed by atoms with Gasteiger partial charge in [0.2, 0.25) is 0 Å². The number of nitrogens with zero attached hydrogens (tertiary/aromatic N) is 1. The van der Waals surface area contributed by atoms with Crippen LogP contribution in [-0.2, 0) is 4.79 Å². The molecule has 0 aliphatic rings. The molecule has 1 rings (SSSR count). The number of carbonyl (C=O) groups excluding carboxylic acids is 1. The number of aromatic amines is 1. The molecule has 94 valence electrons. The number of hydrogen-bond donors (Lipinski definition) is 4. The number of amides is 2. The van der Waals surface area contributed by atoms with Crippen molar-refractivity contribution in [3.8, 4) is 0 Å². The molecule has 0 aliphatic carbocycles. The van der Waals surface area contributed by atoms with Crippen molar-refractivity contribution < 1.29 is 14.7 Å². The van der Waals surface area contributed by atoms with Gasteiger partial charge in [-0.15, -0.1) is 0 Å². The maximum absolute atomic E-state index is 11.4. The Bertz CT molecular complexity index is 377. The second-order valence-corrected chi connectivity index (χ2v) is 3.85. The van der Waals surface area contributed by atoms with E-state index in [1.165, 1.54) is 6.92 Å². The van der Waals surface area contributed by atoms with Crippen LogP contribution in [0.2, 0.25) is 0 Å². The fourth-order valence-corrected chi connectivity index (χ4v) is 1.16. The van der Waals surface area contributed by atoms with Gasteiger partial charge in [-0.05, 0) is 6.92 Å². The standard InChI is InChI=1S/C10H16N4O3/c1-6(9(15)16)3-11-10(17)14-7(2)8-4-12-13-5-8/h4-7H,3H2,1-2H3,(H,12,13)(H,15,16)(H2,11,14,17). The van der Waals surface area contributed by atoms with Gasteiger partial charge in [-0.25, -0.2) is 4.79 Å². The van der Waals surface area contributed by atoms with E-state index in [-0.39, 0.29) is 12.6 Å². The van der Waals surface area contributed by atoms with Gasteiger partial charge in [0.25, 0.3) is 0 Å². The molecule has 4 N–H and O–H groups in total. The van der Waals surface area contributed by atoms with Crippen molar-refractivity contribution in [3.63, 3.8) is 0 Å². The third-order valence-corrected chi connectivity index (χ3v) is 2.36. The summed E-state index contributed by atoms with van der Waals surface area (Å²) in [7, 11) is 0. The Labute approximate surface area is 98.6 Å². The molecule has 17 heavy (non-hydrogen) atoms. The van der Waals surface area contributed by atoms with Crippen molar-refractivity contribution in [2.24, 2.45) is 5.92 Å². The third kappa shape index (κ3) is 4.13. The summed E-state index contributed by atoms with van der Waals surface area (Å²) in [5, 5.41) is 20.2. The monoisotopic (exact) mass is 240 g/mol. The number of carboxylic acids is 1. The van der Waals surface area contributed by atoms with Crippen molar-refractivity contribution in [1.29, 1.82) is 0 Å². The molecule has 1 aromatic heterocycles. The van der Waals surface area contributed by atoms with E-state index in [1.54, 1.807) is 12.4 Å². The highest BCUT2D eigenvalue weighted by molar-refractivity contribution is 5.76. The van der Waals surface area contributed by atoms with Gasteiger partial charge < -0.3 is 15.7 Å². The first kappa shape index (κ1) is 13.0. The van der Waals surface area contributed by atoms with E-state index in [0.717, 1.165) is 5.56 Å². The summed E-state index contributed by atoms with van der Waals surface area (Å²) in [6.45, 7) is 3.44. The predicted octanol–water partition coefficient (Wildman–Crippen LogP) is 0.491. The van der Waals surface area contributed by atoms with Gasteiger partial charge in [-0.3, -0.25) is 9.89 Å². The highest BCUT2D eigenvalue weighted by atomic mass is 16.4. The Morgan fingerprint density at radius 1 is 1.53 bits per heavy atom. The molecule has 0 radical (unpaired) electrons. The molecule has 1 aromatic rings. The quantitative estimate of drug-likeness (QED) is 0.600. The van der Waals surface area contributed by atoms with Crippen LogP contribution in [0.25, 0.3) is 0 Å². The van der Waals surface area contributed by atoms with Gasteiger partial charge in [0.15, 0.2) is 0 Å². The molecule has 2 atom stereocenters. The van der Waals surface area contributed by atoms with Crippen molar-refractivity contribution in [2.75, 3.05) is 6.54 Å². The van der Waals surface area contributed by atoms with E-state index < -0.39 is 17.9 Å². The van der Waals surface area contributed by atoms with Gasteiger partial charge in [-0.2, -0.15) is 5.10 Å². The number of nitrogens with one attached hydrogen (secondary N) is 3. The Hall–Kier alpha value is -2.05. The molecule has 0 bridgehead atoms. The fourth-order valence-electron chi connectivity index (χ4n) is 1.16. The molecule has 0 fully saturated rings. The van der Waals surface area contributed by atoms with Crippen LogP contribution in [0.15, 0.2) is 12.4 Å². The van der Waals surface area contributed by atoms with Crippen LogP contribution in [0.3, 0.4) is 0 Å². The minimum absolute atomic E-state index is 0.0965. The molecule has 0 spiro atoms. The van der Waals surface area contributed by atoms with Crippen molar-refractivity contribution in [2.45, 2.75) is 19.9 Å². The topological polar surface area (TPSA) is 107 Å². The van der Waals surface area contributed by atoms with Crippen LogP contribution in [0.4, 0.5) is 4.79 Å². The smallest absolute Gasteiger partial charge is 0.315 e. The highest BCUT2D eigenvalue weighted by Crippen LogP contribution is 2.08. The van der Waals surface area contributed by atoms with Crippen LogP contribution in [-0.4, -0.2) is 33.8 Å². The molecule has 1 heterocycles. The molecule has 7 heteroatoms. The van der Waals surface area contributed by atoms with Crippen molar-refractivity contribution in [1.82, 2.24) is 20.8 Å². The lowest BCUT2D eigenvalue weighted by molar-refractivity contribution is -0.140. The van der Waals surface area contributed by atoms with Crippen LogP contribution in [0.1, 0.15) is 25.5 Å². The average Bonchev–Trinajstić information content (AvgIpc) is 2.78. The van der Waals surface area contributed by atoms with E-state index in [2.05, 4.69) is 20.8 Å². The Kier molecular flexibility index (Phi) is 4.50. The van der Waals surface area contributed by atoms with Crippen LogP contribution in [0.5, 0.6) is 0 Å². The Morgan fingerprint density at radius 2 is 2.24 bits per heavy atom. The lowest BCUT2D eigenvalue weighted by Crippen LogP contribution is -2.40. The molecule has 7 nitrogen and oxygen atoms in total. The van der Waals surface area contributed by atoms with Crippen LogP contribution < -0.4 is 10.6 Å². The fraction of sp³-hybridized carbons (Fsp3) is 0.500. The van der Waals surface area contributed by atoms with Gasteiger partial charge in [-0.1, -0.05) is 6.92 Å². The number of H-pyrrole nitrogens is 1. The molecule has 0 saturated heterocycles. The minimum Gasteiger partial charge on any atom is -0.481 e. The molecule has 2 unspecified atom stereocenters. The van der Waals surface area contributed by atoms with E-state index in [0.29, 0.717) is 0 Å². The number of aromatic nitrogens is 2. The molecule has 0 aromatic carbocycles. The van der Waals surface area contributed by atoms with Crippen molar-refractivity contribution >= 4 is 12.0 Å². The van der Waals surface area contributed by atoms with E-state index in [9.17, 15) is 9.59 Å². The van der Waals surface area contributed by atoms with Gasteiger partial charge in [0.05, 0.1) is 18.2 Å². The van der Waals surface area contributed by atoms with E-state index >= 15 is 0 Å². The summed E-state index contributed by atoms with van der Waals surface area (Å²) >= 11 is 0. The van der Waals surface area contributed by atoms with E-state index in [1.807, 2.05) is 6.92 Å². The lowest BCUT2D eigenvalue weighted by Gasteiger charge is -2.14. The van der Waals surface area contributed by atoms with Gasteiger partial charge in [0.1, 0.15) is 0 Å². The number of rotatable bonds is 5. The molecule has 0 aliphatic heterocycles. The molecule has 0 saturated carbocycles. The zero-order chi connectivity index (χ0) is 12.8. The summed E-state index contributed by atoms with van der Waals surface area (Å²) in [5.41, 5.74) is 0.853. The lowest BCUT2D eigenvalue weighted by atomic mass is 10.2. The molecular formula is C10H16N4O3. The number of aliphatic carboxylic acids is 1. The maximum atomic E-state index is 11.4. The Balaban J connectivity index is 2.32. The van der Waals surface area contributed by atoms with E-state index in [4.69, 9.17) is 5.11 Å². The first-order valence-electron chi connectivity index (χ1n) is 5.26. The van der Waals surface area contributed by atoms with Gasteiger partial charge in [0, 0.05) is 18.3 Å². The predicted molar refractivity (Wildman–Crippen MR) is 60.3 cm³/mol. The number of urea groups is 1. The zero-order valence-corrected chi connectivity index (χ0v) is 9.73. The SMILES string of the molecule is CC(CNC(=O)NC(C)c1cn[nH]c1)C(=O)O. The number of hydrogen-bond acceptors (Lipinski definition) is 3. The second-order valence-electron chi connectivity index (χ2n) is 3.85. The third-order valence-electron chi connectivity index (χ3n) is 2.36.